The van der Waals surface area contributed by atoms with Crippen LogP contribution in [-0.4, -0.2) is 14.2 Å². The molecule has 0 aliphatic carbocycles. The number of anilines is 1. The highest BCUT2D eigenvalue weighted by Crippen LogP contribution is 2.31. The Morgan fingerprint density at radius 1 is 1.29 bits per heavy atom. The molecule has 0 unspecified atom stereocenters. The van der Waals surface area contributed by atoms with Gasteiger partial charge in [-0.05, 0) is 36.1 Å². The van der Waals surface area contributed by atoms with Gasteiger partial charge in [0.25, 0.3) is 0 Å². The van der Waals surface area contributed by atoms with E-state index in [1.807, 2.05) is 20.8 Å². The van der Waals surface area contributed by atoms with Crippen molar-refractivity contribution in [1.29, 1.82) is 0 Å². The zero-order chi connectivity index (χ0) is 13.3. The Hall–Kier alpha value is -0.740. The highest BCUT2D eigenvalue weighted by Gasteiger charge is 2.18. The number of hydrogen-bond acceptors (Lipinski definition) is 2. The van der Waals surface area contributed by atoms with Crippen LogP contribution in [0, 0.1) is 0 Å². The number of benzene rings is 1. The molecule has 0 aromatic heterocycles. The minimum atomic E-state index is -3.24. The van der Waals surface area contributed by atoms with Crippen LogP contribution in [0.2, 0.25) is 5.02 Å². The summed E-state index contributed by atoms with van der Waals surface area (Å²) in [5.74, 6) is 0.0560. The van der Waals surface area contributed by atoms with Crippen molar-refractivity contribution in [3.8, 4) is 0 Å². The van der Waals surface area contributed by atoms with Crippen LogP contribution in [0.4, 0.5) is 5.69 Å². The molecule has 0 aliphatic heterocycles. The van der Waals surface area contributed by atoms with Crippen molar-refractivity contribution in [1.82, 2.24) is 0 Å². The number of hydrogen-bond donors (Lipinski definition) is 1. The van der Waals surface area contributed by atoms with E-state index in [1.54, 1.807) is 25.1 Å². The zero-order valence-corrected chi connectivity index (χ0v) is 12.1. The third-order valence-corrected chi connectivity index (χ3v) is 4.06. The molecule has 1 aromatic carbocycles. The first-order valence-electron chi connectivity index (χ1n) is 5.46. The van der Waals surface area contributed by atoms with E-state index < -0.39 is 10.0 Å². The summed E-state index contributed by atoms with van der Waals surface area (Å²) >= 11 is 6.11. The number of sulfonamides is 1. The van der Waals surface area contributed by atoms with Gasteiger partial charge in [-0.3, -0.25) is 4.72 Å². The fourth-order valence-corrected chi connectivity index (χ4v) is 2.45. The van der Waals surface area contributed by atoms with Crippen LogP contribution in [0.15, 0.2) is 18.2 Å². The summed E-state index contributed by atoms with van der Waals surface area (Å²) in [4.78, 5) is 0. The second-order valence-corrected chi connectivity index (χ2v) is 7.37. The van der Waals surface area contributed by atoms with E-state index >= 15 is 0 Å². The molecule has 17 heavy (non-hydrogen) atoms. The normalized spacial score (nSPS) is 12.5. The van der Waals surface area contributed by atoms with Gasteiger partial charge in [0, 0.05) is 10.7 Å². The van der Waals surface area contributed by atoms with Gasteiger partial charge in [0.15, 0.2) is 0 Å². The lowest BCUT2D eigenvalue weighted by atomic mass is 9.87. The smallest absolute Gasteiger partial charge is 0.232 e. The molecule has 1 N–H and O–H groups in total. The molecule has 0 atom stereocenters. The van der Waals surface area contributed by atoms with Gasteiger partial charge >= 0.3 is 0 Å². The first kappa shape index (κ1) is 14.3. The zero-order valence-electron chi connectivity index (χ0n) is 10.5. The third-order valence-electron chi connectivity index (χ3n) is 2.43. The maximum atomic E-state index is 11.5. The fraction of sp³-hybridized carbons (Fsp3) is 0.500. The quantitative estimate of drug-likeness (QED) is 0.919. The minimum absolute atomic E-state index is 0.0560. The predicted octanol–water partition coefficient (Wildman–Crippen LogP) is 3.40. The van der Waals surface area contributed by atoms with Crippen LogP contribution in [0.25, 0.3) is 0 Å². The average molecular weight is 276 g/mol. The average Bonchev–Trinajstić information content (AvgIpc) is 2.19. The largest absolute Gasteiger partial charge is 0.284 e. The summed E-state index contributed by atoms with van der Waals surface area (Å²) in [7, 11) is -3.24. The molecular formula is C12H18ClNO2S. The summed E-state index contributed by atoms with van der Waals surface area (Å²) in [5, 5.41) is 0.650. The second-order valence-electron chi connectivity index (χ2n) is 4.95. The molecule has 0 radical (unpaired) electrons. The monoisotopic (exact) mass is 275 g/mol. The molecule has 1 rings (SSSR count). The molecule has 3 nitrogen and oxygen atoms in total. The van der Waals surface area contributed by atoms with Gasteiger partial charge in [-0.25, -0.2) is 8.42 Å². The van der Waals surface area contributed by atoms with Crippen molar-refractivity contribution in [2.24, 2.45) is 0 Å². The molecule has 0 fully saturated rings. The Balaban J connectivity index is 3.14. The van der Waals surface area contributed by atoms with Crippen molar-refractivity contribution in [3.05, 3.63) is 28.8 Å². The summed E-state index contributed by atoms with van der Waals surface area (Å²) in [6.45, 7) is 7.70. The van der Waals surface area contributed by atoms with E-state index in [1.165, 1.54) is 0 Å². The van der Waals surface area contributed by atoms with Gasteiger partial charge in [-0.1, -0.05) is 32.4 Å². The van der Waals surface area contributed by atoms with Gasteiger partial charge in [-0.15, -0.1) is 0 Å². The maximum Gasteiger partial charge on any atom is 0.232 e. The van der Waals surface area contributed by atoms with E-state index in [4.69, 9.17) is 11.6 Å². The maximum absolute atomic E-state index is 11.5. The van der Waals surface area contributed by atoms with Gasteiger partial charge in [0.2, 0.25) is 10.0 Å². The first-order valence-corrected chi connectivity index (χ1v) is 7.49. The van der Waals surface area contributed by atoms with Crippen LogP contribution >= 0.6 is 11.6 Å². The molecule has 0 saturated carbocycles. The molecule has 1 aromatic rings. The molecule has 0 aliphatic rings. The van der Waals surface area contributed by atoms with Crippen LogP contribution in [0.3, 0.4) is 0 Å². The van der Waals surface area contributed by atoms with Crippen molar-refractivity contribution in [2.75, 3.05) is 10.5 Å². The van der Waals surface area contributed by atoms with Gasteiger partial charge in [-0.2, -0.15) is 0 Å². The molecule has 0 bridgehead atoms. The SMILES string of the molecule is CCS(=O)(=O)Nc1ccc(Cl)c(C(C)(C)C)c1. The predicted molar refractivity (Wildman–Crippen MR) is 73.2 cm³/mol. The molecule has 0 amide bonds. The third kappa shape index (κ3) is 3.89. The summed E-state index contributed by atoms with van der Waals surface area (Å²) in [5.41, 5.74) is 1.36. The van der Waals surface area contributed by atoms with Crippen LogP contribution < -0.4 is 4.72 Å². The van der Waals surface area contributed by atoms with E-state index in [2.05, 4.69) is 4.72 Å². The number of halogens is 1. The second kappa shape index (κ2) is 4.86. The standard InChI is InChI=1S/C12H18ClNO2S/c1-5-17(15,16)14-9-6-7-11(13)10(8-9)12(2,3)4/h6-8,14H,5H2,1-4H3. The van der Waals surface area contributed by atoms with E-state index in [-0.39, 0.29) is 11.2 Å². The molecule has 0 heterocycles. The molecular weight excluding hydrogens is 258 g/mol. The van der Waals surface area contributed by atoms with Crippen LogP contribution in [0.5, 0.6) is 0 Å². The van der Waals surface area contributed by atoms with Gasteiger partial charge < -0.3 is 0 Å². The highest BCUT2D eigenvalue weighted by molar-refractivity contribution is 7.92. The van der Waals surface area contributed by atoms with Gasteiger partial charge in [0.05, 0.1) is 5.75 Å². The number of rotatable bonds is 3. The Labute approximate surface area is 108 Å². The van der Waals surface area contributed by atoms with Crippen LogP contribution in [-0.2, 0) is 15.4 Å². The van der Waals surface area contributed by atoms with Crippen molar-refractivity contribution >= 4 is 27.3 Å². The summed E-state index contributed by atoms with van der Waals surface area (Å²) in [6.07, 6.45) is 0. The Bertz CT molecular complexity index is 504. The Kier molecular flexibility index (Phi) is 4.10. The highest BCUT2D eigenvalue weighted by atomic mass is 35.5. The lowest BCUT2D eigenvalue weighted by Gasteiger charge is -2.21. The van der Waals surface area contributed by atoms with Crippen LogP contribution in [0.1, 0.15) is 33.3 Å². The van der Waals surface area contributed by atoms with Crippen molar-refractivity contribution < 1.29 is 8.42 Å². The topological polar surface area (TPSA) is 46.2 Å². The molecule has 0 spiro atoms. The van der Waals surface area contributed by atoms with Crippen molar-refractivity contribution in [2.45, 2.75) is 33.1 Å². The Morgan fingerprint density at radius 3 is 2.35 bits per heavy atom. The van der Waals surface area contributed by atoms with E-state index in [0.29, 0.717) is 10.7 Å². The van der Waals surface area contributed by atoms with E-state index in [9.17, 15) is 8.42 Å². The van der Waals surface area contributed by atoms with Gasteiger partial charge in [0.1, 0.15) is 0 Å². The Morgan fingerprint density at radius 2 is 1.88 bits per heavy atom. The number of nitrogens with one attached hydrogen (secondary N) is 1. The first-order chi connectivity index (χ1) is 7.65. The van der Waals surface area contributed by atoms with Crippen molar-refractivity contribution in [3.63, 3.8) is 0 Å². The lowest BCUT2D eigenvalue weighted by Crippen LogP contribution is -2.16. The molecule has 5 heteroatoms. The van der Waals surface area contributed by atoms with E-state index in [0.717, 1.165) is 5.56 Å². The molecule has 96 valence electrons. The summed E-state index contributed by atoms with van der Waals surface area (Å²) in [6, 6.07) is 5.18. The summed E-state index contributed by atoms with van der Waals surface area (Å²) < 4.78 is 25.5. The minimum Gasteiger partial charge on any atom is -0.284 e. The lowest BCUT2D eigenvalue weighted by molar-refractivity contribution is 0.590. The molecule has 0 saturated heterocycles. The fourth-order valence-electron chi connectivity index (χ4n) is 1.42.